The highest BCUT2D eigenvalue weighted by Gasteiger charge is 2.64. The van der Waals surface area contributed by atoms with Crippen LogP contribution in [0.25, 0.3) is 0 Å². The molecule has 0 aromatic heterocycles. The molecule has 3 fully saturated rings. The van der Waals surface area contributed by atoms with Gasteiger partial charge < -0.3 is 9.79 Å². The summed E-state index contributed by atoms with van der Waals surface area (Å²) in [4.78, 5) is 18.1. The van der Waals surface area contributed by atoms with Crippen molar-refractivity contribution in [3.05, 3.63) is 11.9 Å². The summed E-state index contributed by atoms with van der Waals surface area (Å²) in [6.07, 6.45) is 9.23. The third kappa shape index (κ3) is 2.56. The van der Waals surface area contributed by atoms with Crippen molar-refractivity contribution in [2.75, 3.05) is 0 Å². The van der Waals surface area contributed by atoms with Crippen molar-refractivity contribution in [3.8, 4) is 0 Å². The van der Waals surface area contributed by atoms with Crippen LogP contribution in [0.3, 0.4) is 0 Å². The Hall–Kier alpha value is -0.110. The highest BCUT2D eigenvalue weighted by molar-refractivity contribution is 7.55. The highest BCUT2D eigenvalue weighted by Crippen LogP contribution is 2.71. The maximum absolute atomic E-state index is 11.0. The van der Waals surface area contributed by atoms with Gasteiger partial charge >= 0.3 is 7.60 Å². The molecule has 0 aromatic carbocycles. The Morgan fingerprint density at radius 3 is 2.57 bits per heavy atom. The molecule has 4 bridgehead atoms. The van der Waals surface area contributed by atoms with Crippen LogP contribution in [0.2, 0.25) is 0 Å². The lowest BCUT2D eigenvalue weighted by Crippen LogP contribution is -2.33. The second-order valence-corrected chi connectivity index (χ2v) is 10.0. The summed E-state index contributed by atoms with van der Waals surface area (Å²) in [5.74, 6) is 4.14. The molecule has 2 N–H and O–H groups in total. The van der Waals surface area contributed by atoms with E-state index in [1.165, 1.54) is 32.1 Å². The van der Waals surface area contributed by atoms with Crippen LogP contribution in [0.15, 0.2) is 11.9 Å². The Balaban J connectivity index is 1.86. The third-order valence-electron chi connectivity index (χ3n) is 7.05. The lowest BCUT2D eigenvalue weighted by atomic mass is 9.64. The first-order chi connectivity index (χ1) is 9.65. The van der Waals surface area contributed by atoms with Crippen molar-refractivity contribution >= 4 is 7.60 Å². The lowest BCUT2D eigenvalue weighted by Gasteiger charge is -2.41. The first-order valence-electron chi connectivity index (χ1n) is 8.38. The molecule has 0 aromatic rings. The molecule has 3 nitrogen and oxygen atoms in total. The molecule has 3 aliphatic rings. The first kappa shape index (κ1) is 15.8. The van der Waals surface area contributed by atoms with Gasteiger partial charge in [-0.05, 0) is 66.6 Å². The summed E-state index contributed by atoms with van der Waals surface area (Å²) < 4.78 is 11.0. The van der Waals surface area contributed by atoms with Gasteiger partial charge in [-0.2, -0.15) is 0 Å². The van der Waals surface area contributed by atoms with Crippen LogP contribution < -0.4 is 0 Å². The Labute approximate surface area is 128 Å². The molecule has 120 valence electrons. The molecule has 0 spiro atoms. The Kier molecular flexibility index (Phi) is 3.71. The van der Waals surface area contributed by atoms with Crippen molar-refractivity contribution in [1.29, 1.82) is 0 Å². The normalized spacial score (nSPS) is 45.2. The summed E-state index contributed by atoms with van der Waals surface area (Å²) in [7, 11) is -4.00. The highest BCUT2D eigenvalue weighted by atomic mass is 31.2. The smallest absolute Gasteiger partial charge is 0.321 e. The fourth-order valence-corrected chi connectivity index (χ4v) is 6.76. The zero-order valence-corrected chi connectivity index (χ0v) is 14.4. The van der Waals surface area contributed by atoms with Gasteiger partial charge in [0.25, 0.3) is 0 Å². The average Bonchev–Trinajstić information content (AvgIpc) is 2.82. The molecule has 3 rings (SSSR count). The van der Waals surface area contributed by atoms with Crippen LogP contribution in [-0.4, -0.2) is 9.79 Å². The predicted molar refractivity (Wildman–Crippen MR) is 84.7 cm³/mol. The second-order valence-electron chi connectivity index (χ2n) is 8.54. The van der Waals surface area contributed by atoms with Gasteiger partial charge in [-0.25, -0.2) is 0 Å². The molecule has 3 aliphatic carbocycles. The van der Waals surface area contributed by atoms with Crippen molar-refractivity contribution in [2.24, 2.45) is 34.5 Å². The molecule has 0 saturated heterocycles. The molecule has 0 heterocycles. The van der Waals surface area contributed by atoms with Crippen molar-refractivity contribution in [2.45, 2.75) is 59.3 Å². The van der Waals surface area contributed by atoms with Crippen LogP contribution in [0.5, 0.6) is 0 Å². The molecular weight excluding hydrogens is 283 g/mol. The zero-order chi connectivity index (χ0) is 15.5. The SMILES string of the molecule is CC1(C)CCC[C@@]2(C)[C@@H]3CC[C@@H]([C@H]31)[C@@H]2C/C=C/P(=O)(O)O. The minimum absolute atomic E-state index is 0.389. The van der Waals surface area contributed by atoms with Crippen LogP contribution >= 0.6 is 7.60 Å². The number of hydrogen-bond acceptors (Lipinski definition) is 1. The topological polar surface area (TPSA) is 57.5 Å². The van der Waals surface area contributed by atoms with E-state index in [1.54, 1.807) is 6.08 Å². The Bertz CT molecular complexity index is 492. The van der Waals surface area contributed by atoms with E-state index in [0.717, 1.165) is 30.0 Å². The van der Waals surface area contributed by atoms with Crippen LogP contribution in [-0.2, 0) is 4.57 Å². The quantitative estimate of drug-likeness (QED) is 0.751. The summed E-state index contributed by atoms with van der Waals surface area (Å²) in [5, 5.41) is 0. The van der Waals surface area contributed by atoms with E-state index in [-0.39, 0.29) is 0 Å². The molecule has 0 amide bonds. The van der Waals surface area contributed by atoms with E-state index in [1.807, 2.05) is 0 Å². The van der Waals surface area contributed by atoms with E-state index in [0.29, 0.717) is 16.7 Å². The first-order valence-corrected chi connectivity index (χ1v) is 10.1. The van der Waals surface area contributed by atoms with Crippen molar-refractivity contribution in [3.63, 3.8) is 0 Å². The molecule has 5 atom stereocenters. The molecule has 3 saturated carbocycles. The number of allylic oxidation sites excluding steroid dienone is 1. The monoisotopic (exact) mass is 312 g/mol. The minimum atomic E-state index is -4.00. The van der Waals surface area contributed by atoms with Crippen LogP contribution in [0.1, 0.15) is 59.3 Å². The maximum Gasteiger partial charge on any atom is 0.348 e. The Morgan fingerprint density at radius 1 is 1.19 bits per heavy atom. The van der Waals surface area contributed by atoms with Crippen LogP contribution in [0.4, 0.5) is 0 Å². The molecule has 0 unspecified atom stereocenters. The average molecular weight is 312 g/mol. The Morgan fingerprint density at radius 2 is 1.90 bits per heavy atom. The zero-order valence-electron chi connectivity index (χ0n) is 13.5. The largest absolute Gasteiger partial charge is 0.348 e. The van der Waals surface area contributed by atoms with E-state index in [9.17, 15) is 4.57 Å². The van der Waals surface area contributed by atoms with E-state index < -0.39 is 7.60 Å². The molecular formula is C17H29O3P. The summed E-state index contributed by atoms with van der Waals surface area (Å²) >= 11 is 0. The standard InChI is InChI=1S/C17H29O3P/c1-16(2)9-5-10-17(3)13(6-4-11-21(18,19)20)12-7-8-14(17)15(12)16/h4,11-15H,5-10H2,1-3H3,(H2,18,19,20)/b11-4+/t12-,13+,14-,15-,17-/m1/s1. The number of rotatable bonds is 3. The van der Waals surface area contributed by atoms with E-state index in [4.69, 9.17) is 9.79 Å². The van der Waals surface area contributed by atoms with Gasteiger partial charge in [0.1, 0.15) is 0 Å². The summed E-state index contributed by atoms with van der Waals surface area (Å²) in [5.41, 5.74) is 0.825. The van der Waals surface area contributed by atoms with Crippen molar-refractivity contribution in [1.82, 2.24) is 0 Å². The van der Waals surface area contributed by atoms with Gasteiger partial charge in [0.15, 0.2) is 0 Å². The van der Waals surface area contributed by atoms with Gasteiger partial charge in [0.05, 0.1) is 0 Å². The number of hydrogen-bond donors (Lipinski definition) is 2. The molecule has 0 radical (unpaired) electrons. The molecule has 21 heavy (non-hydrogen) atoms. The lowest BCUT2D eigenvalue weighted by molar-refractivity contribution is 0.0879. The maximum atomic E-state index is 11.0. The summed E-state index contributed by atoms with van der Waals surface area (Å²) in [6, 6.07) is 0. The molecule has 4 heteroatoms. The third-order valence-corrected chi connectivity index (χ3v) is 7.64. The summed E-state index contributed by atoms with van der Waals surface area (Å²) in [6.45, 7) is 7.35. The van der Waals surface area contributed by atoms with E-state index in [2.05, 4.69) is 20.8 Å². The van der Waals surface area contributed by atoms with Gasteiger partial charge in [-0.3, -0.25) is 4.57 Å². The van der Waals surface area contributed by atoms with Gasteiger partial charge in [0.2, 0.25) is 0 Å². The minimum Gasteiger partial charge on any atom is -0.321 e. The van der Waals surface area contributed by atoms with Crippen molar-refractivity contribution < 1.29 is 14.4 Å². The predicted octanol–water partition coefficient (Wildman–Crippen LogP) is 4.56. The molecule has 0 aliphatic heterocycles. The van der Waals surface area contributed by atoms with E-state index >= 15 is 0 Å². The van der Waals surface area contributed by atoms with Gasteiger partial charge in [-0.15, -0.1) is 0 Å². The fourth-order valence-electron chi connectivity index (χ4n) is 6.36. The van der Waals surface area contributed by atoms with Gasteiger partial charge in [0, 0.05) is 5.82 Å². The van der Waals surface area contributed by atoms with Crippen LogP contribution in [0, 0.1) is 34.5 Å². The fraction of sp³-hybridized carbons (Fsp3) is 0.882. The second kappa shape index (κ2) is 4.94. The van der Waals surface area contributed by atoms with Gasteiger partial charge in [-0.1, -0.05) is 33.3 Å².